The SMILES string of the molecule is O=C(OCC1CCCCC1)C(=Cc1ccc(Nc2nc(Nc3ccc(C=C(C(=O)OCC4CCCCC4)C(=O)OCC4CCCCC4)cc3)nc(Nc3ccc(C=C(C(=O)OCC4CCCCC4)C(=O)OCC4CCCCC4)cc3)n2)cc1)C(=O)OCC1CCCCC1. The van der Waals surface area contributed by atoms with Crippen molar-refractivity contribution in [2.45, 2.75) is 193 Å². The summed E-state index contributed by atoms with van der Waals surface area (Å²) in [5.74, 6) is -2.12. The summed E-state index contributed by atoms with van der Waals surface area (Å²) in [5, 5.41) is 9.86. The zero-order valence-corrected chi connectivity index (χ0v) is 54.3. The standard InChI is InChI=1S/C75H96N6O12/c82-67(88-46-55-19-7-1-8-20-55)64(68(83)89-47-56-21-9-2-10-22-56)43-52-31-37-61(38-32-52)76-73-79-74(77-62-39-33-53(34-40-62)44-65(69(84)90-48-57-23-11-3-12-24-57)70(85)91-49-58-25-13-4-14-26-58)81-75(80-73)78-63-41-35-54(36-42-63)45-66(71(86)92-50-59-27-15-5-16-28-59)72(87)93-51-60-29-17-6-18-30-60/h31-45,55-60H,1-30,46-51H2,(H3,76,77,78,79,80,81). The molecule has 1 heterocycles. The summed E-state index contributed by atoms with van der Waals surface area (Å²) < 4.78 is 34.7. The van der Waals surface area contributed by atoms with E-state index in [1.165, 1.54) is 56.8 Å². The molecule has 0 saturated heterocycles. The van der Waals surface area contributed by atoms with E-state index in [4.69, 9.17) is 43.4 Å². The van der Waals surface area contributed by atoms with Gasteiger partial charge in [-0.25, -0.2) is 28.8 Å². The lowest BCUT2D eigenvalue weighted by Gasteiger charge is -2.22. The number of carbonyl (C=O) groups is 6. The van der Waals surface area contributed by atoms with Crippen molar-refractivity contribution >= 4 is 89.0 Å². The summed E-state index contributed by atoms with van der Waals surface area (Å²) in [6.45, 7) is 1.55. The fourth-order valence-electron chi connectivity index (χ4n) is 13.8. The van der Waals surface area contributed by atoms with Crippen molar-refractivity contribution in [3.8, 4) is 0 Å². The van der Waals surface area contributed by atoms with Crippen LogP contribution in [0, 0.1) is 35.5 Å². The van der Waals surface area contributed by atoms with E-state index in [0.717, 1.165) is 154 Å². The number of rotatable bonds is 27. The van der Waals surface area contributed by atoms with Crippen LogP contribution >= 0.6 is 0 Å². The molecule has 3 aromatic carbocycles. The molecule has 0 atom stereocenters. The van der Waals surface area contributed by atoms with Gasteiger partial charge in [-0.3, -0.25) is 0 Å². The maximum atomic E-state index is 13.7. The van der Waals surface area contributed by atoms with E-state index >= 15 is 0 Å². The number of ether oxygens (including phenoxy) is 6. The first-order valence-electron chi connectivity index (χ1n) is 35.1. The lowest BCUT2D eigenvalue weighted by Crippen LogP contribution is -2.24. The summed E-state index contributed by atoms with van der Waals surface area (Å²) in [4.78, 5) is 96.4. The predicted octanol–water partition coefficient (Wildman–Crippen LogP) is 16.0. The van der Waals surface area contributed by atoms with Gasteiger partial charge in [-0.1, -0.05) is 152 Å². The number of esters is 6. The summed E-state index contributed by atoms with van der Waals surface area (Å²) in [6, 6.07) is 21.3. The molecule has 0 radical (unpaired) electrons. The normalized spacial score (nSPS) is 17.9. The summed E-state index contributed by atoms with van der Waals surface area (Å²) in [5.41, 5.74) is 3.03. The molecule has 6 aliphatic carbocycles. The molecule has 0 aliphatic heterocycles. The molecule has 0 amide bonds. The number of nitrogens with zero attached hydrogens (tertiary/aromatic N) is 3. The van der Waals surface area contributed by atoms with Gasteiger partial charge in [0, 0.05) is 17.1 Å². The minimum Gasteiger partial charge on any atom is -0.462 e. The summed E-state index contributed by atoms with van der Waals surface area (Å²) >= 11 is 0. The number of nitrogens with one attached hydrogen (secondary N) is 3. The van der Waals surface area contributed by atoms with Crippen LogP contribution in [0.5, 0.6) is 0 Å². The van der Waals surface area contributed by atoms with E-state index in [9.17, 15) is 28.8 Å². The Bertz CT molecular complexity index is 2720. The molecule has 0 bridgehead atoms. The van der Waals surface area contributed by atoms with Gasteiger partial charge in [0.15, 0.2) is 0 Å². The van der Waals surface area contributed by atoms with Crippen LogP contribution in [-0.2, 0) is 57.2 Å². The van der Waals surface area contributed by atoms with Crippen molar-refractivity contribution in [2.75, 3.05) is 55.6 Å². The monoisotopic (exact) mass is 1270 g/mol. The lowest BCUT2D eigenvalue weighted by molar-refractivity contribution is -0.150. The minimum atomic E-state index is -0.697. The van der Waals surface area contributed by atoms with Gasteiger partial charge in [0.2, 0.25) is 17.8 Å². The number of aromatic nitrogens is 3. The fraction of sp³-hybridized carbons (Fsp3) is 0.560. The fourth-order valence-corrected chi connectivity index (χ4v) is 13.8. The van der Waals surface area contributed by atoms with E-state index in [2.05, 4.69) is 16.0 Å². The molecule has 0 unspecified atom stereocenters. The average molecular weight is 1270 g/mol. The lowest BCUT2D eigenvalue weighted by atomic mass is 9.90. The largest absolute Gasteiger partial charge is 0.462 e. The van der Waals surface area contributed by atoms with Gasteiger partial charge >= 0.3 is 35.8 Å². The Labute approximate surface area is 548 Å². The Morgan fingerprint density at radius 1 is 0.280 bits per heavy atom. The number of anilines is 6. The van der Waals surface area contributed by atoms with Crippen molar-refractivity contribution in [2.24, 2.45) is 35.5 Å². The van der Waals surface area contributed by atoms with Gasteiger partial charge < -0.3 is 44.4 Å². The molecule has 6 fully saturated rings. The van der Waals surface area contributed by atoms with Crippen LogP contribution in [0.2, 0.25) is 0 Å². The molecule has 18 nitrogen and oxygen atoms in total. The summed E-state index contributed by atoms with van der Waals surface area (Å²) in [7, 11) is 0. The maximum absolute atomic E-state index is 13.7. The Balaban J connectivity index is 0.885. The average Bonchev–Trinajstić information content (AvgIpc) is 2.17. The molecule has 1 aromatic heterocycles. The highest BCUT2D eigenvalue weighted by molar-refractivity contribution is 6.19. The Kier molecular flexibility index (Phi) is 26.3. The highest BCUT2D eigenvalue weighted by Crippen LogP contribution is 2.32. The first-order chi connectivity index (χ1) is 45.5. The van der Waals surface area contributed by atoms with Crippen LogP contribution in [0.3, 0.4) is 0 Å². The number of benzene rings is 3. The second kappa shape index (κ2) is 36.0. The zero-order valence-electron chi connectivity index (χ0n) is 54.3. The third-order valence-electron chi connectivity index (χ3n) is 19.4. The molecule has 18 heteroatoms. The quantitative estimate of drug-likeness (QED) is 0.0166. The Morgan fingerprint density at radius 3 is 0.624 bits per heavy atom. The van der Waals surface area contributed by atoms with E-state index in [1.807, 2.05) is 0 Å². The van der Waals surface area contributed by atoms with E-state index in [0.29, 0.717) is 33.8 Å². The van der Waals surface area contributed by atoms with Crippen LogP contribution < -0.4 is 16.0 Å². The van der Waals surface area contributed by atoms with Crippen LogP contribution in [0.4, 0.5) is 34.9 Å². The van der Waals surface area contributed by atoms with Crippen molar-refractivity contribution in [1.82, 2.24) is 15.0 Å². The van der Waals surface area contributed by atoms with Gasteiger partial charge in [0.25, 0.3) is 0 Å². The van der Waals surface area contributed by atoms with Gasteiger partial charge in [0.1, 0.15) is 16.7 Å². The number of hydrogen-bond acceptors (Lipinski definition) is 18. The van der Waals surface area contributed by atoms with Gasteiger partial charge in [-0.05, 0) is 184 Å². The smallest absolute Gasteiger partial charge is 0.345 e. The number of carbonyl (C=O) groups excluding carboxylic acids is 6. The molecule has 4 aromatic rings. The Morgan fingerprint density at radius 2 is 0.452 bits per heavy atom. The van der Waals surface area contributed by atoms with E-state index in [-0.39, 0.29) is 110 Å². The van der Waals surface area contributed by atoms with Crippen LogP contribution in [-0.4, -0.2) is 90.4 Å². The highest BCUT2D eigenvalue weighted by Gasteiger charge is 2.30. The second-order valence-corrected chi connectivity index (χ2v) is 26.8. The summed E-state index contributed by atoms with van der Waals surface area (Å²) in [6.07, 6.45) is 36.7. The molecule has 10 rings (SSSR count). The molecule has 6 aliphatic rings. The van der Waals surface area contributed by atoms with Crippen molar-refractivity contribution in [1.29, 1.82) is 0 Å². The molecule has 498 valence electrons. The third kappa shape index (κ3) is 22.1. The first kappa shape index (κ1) is 68.0. The van der Waals surface area contributed by atoms with Crippen LogP contribution in [0.15, 0.2) is 89.5 Å². The molecule has 93 heavy (non-hydrogen) atoms. The molecular weight excluding hydrogens is 1180 g/mol. The van der Waals surface area contributed by atoms with Crippen molar-refractivity contribution in [3.05, 3.63) is 106 Å². The molecule has 3 N–H and O–H groups in total. The number of hydrogen-bond donors (Lipinski definition) is 3. The predicted molar refractivity (Wildman–Crippen MR) is 358 cm³/mol. The second-order valence-electron chi connectivity index (χ2n) is 26.8. The topological polar surface area (TPSA) is 233 Å². The highest BCUT2D eigenvalue weighted by atomic mass is 16.6. The van der Waals surface area contributed by atoms with Gasteiger partial charge in [-0.15, -0.1) is 0 Å². The minimum absolute atomic E-state index is 0.153. The third-order valence-corrected chi connectivity index (χ3v) is 19.4. The first-order valence-corrected chi connectivity index (χ1v) is 35.1. The molecular formula is C75H96N6O12. The van der Waals surface area contributed by atoms with Gasteiger partial charge in [0.05, 0.1) is 39.6 Å². The zero-order chi connectivity index (χ0) is 64.4. The van der Waals surface area contributed by atoms with Crippen LogP contribution in [0.25, 0.3) is 18.2 Å². The molecule has 0 spiro atoms. The van der Waals surface area contributed by atoms with E-state index < -0.39 is 35.8 Å². The van der Waals surface area contributed by atoms with Crippen molar-refractivity contribution in [3.63, 3.8) is 0 Å². The van der Waals surface area contributed by atoms with Crippen LogP contribution in [0.1, 0.15) is 209 Å². The maximum Gasteiger partial charge on any atom is 0.345 e. The van der Waals surface area contributed by atoms with Gasteiger partial charge in [-0.2, -0.15) is 15.0 Å². The Hall–Kier alpha value is -7.89. The van der Waals surface area contributed by atoms with Crippen molar-refractivity contribution < 1.29 is 57.2 Å². The van der Waals surface area contributed by atoms with E-state index in [1.54, 1.807) is 72.8 Å². The molecule has 6 saturated carbocycles.